The lowest BCUT2D eigenvalue weighted by Gasteiger charge is -2.22. The summed E-state index contributed by atoms with van der Waals surface area (Å²) in [5.74, 6) is -0.279. The number of amides is 1. The monoisotopic (exact) mass is 635 g/mol. The summed E-state index contributed by atoms with van der Waals surface area (Å²) >= 11 is 0. The molecule has 0 aliphatic heterocycles. The Morgan fingerprint density at radius 2 is 1.34 bits per heavy atom. The molecule has 0 aliphatic rings. The van der Waals surface area contributed by atoms with Gasteiger partial charge in [-0.25, -0.2) is 0 Å². The fourth-order valence-corrected chi connectivity index (χ4v) is 6.20. The highest BCUT2D eigenvalue weighted by atomic mass is 16.2. The highest BCUT2D eigenvalue weighted by Crippen LogP contribution is 2.24. The van der Waals surface area contributed by atoms with Crippen molar-refractivity contribution < 1.29 is 14.4 Å². The van der Waals surface area contributed by atoms with E-state index in [1.54, 1.807) is 11.0 Å². The molecule has 0 N–H and O–H groups in total. The van der Waals surface area contributed by atoms with Gasteiger partial charge in [0.2, 0.25) is 5.78 Å². The van der Waals surface area contributed by atoms with Crippen LogP contribution in [-0.2, 0) is 24.2 Å². The number of hydrogen-bond donors (Lipinski definition) is 0. The third-order valence-corrected chi connectivity index (χ3v) is 8.84. The van der Waals surface area contributed by atoms with E-state index in [0.717, 1.165) is 55.3 Å². The number of fused-ring (bicyclic) bond motifs is 1. The maximum Gasteiger partial charge on any atom is 0.254 e. The van der Waals surface area contributed by atoms with Crippen LogP contribution in [0, 0.1) is 0 Å². The molecule has 0 saturated heterocycles. The Kier molecular flexibility index (Phi) is 14.0. The molecule has 6 nitrogen and oxygen atoms in total. The number of carbonyl (C=O) groups excluding carboxylic acids is 3. The van der Waals surface area contributed by atoms with Crippen molar-refractivity contribution in [1.82, 2.24) is 14.2 Å². The van der Waals surface area contributed by atoms with Gasteiger partial charge in [0.15, 0.2) is 0 Å². The average Bonchev–Trinajstić information content (AvgIpc) is 3.45. The molecule has 4 aromatic rings. The molecule has 2 aromatic heterocycles. The molecule has 0 saturated carbocycles. The van der Waals surface area contributed by atoms with Gasteiger partial charge in [-0.3, -0.25) is 14.4 Å². The molecular weight excluding hydrogens is 582 g/mol. The number of rotatable bonds is 20. The topological polar surface area (TPSA) is 62.1 Å². The predicted octanol–water partition coefficient (Wildman–Crippen LogP) is 8.58. The Labute approximate surface area is 281 Å². The van der Waals surface area contributed by atoms with Gasteiger partial charge in [-0.2, -0.15) is 0 Å². The van der Waals surface area contributed by atoms with Crippen LogP contribution in [0.4, 0.5) is 0 Å². The second-order valence-corrected chi connectivity index (χ2v) is 12.9. The number of unbranched alkanes of at least 4 members (excludes halogenated alkanes) is 3. The summed E-state index contributed by atoms with van der Waals surface area (Å²) in [7, 11) is 0. The van der Waals surface area contributed by atoms with Gasteiger partial charge < -0.3 is 14.2 Å². The third-order valence-electron chi connectivity index (χ3n) is 8.84. The molecule has 0 spiro atoms. The standard InChI is InChI=1S/C41H53N3O3/c1-5-8-18-36-28-38-29-37(41(47)43(30-32(4)45)31-34-15-12-11-13-16-34)23-27-44(38)39(36)40(46)35-21-19-33(20-22-35)17-14-26-42(24-9-6-2)25-10-7-3/h11-13,15-16,19-23,27-29H,5-10,14,17-18,24-26,30-31H2,1-4H3. The van der Waals surface area contributed by atoms with Crippen molar-refractivity contribution in [3.8, 4) is 0 Å². The first-order valence-electron chi connectivity index (χ1n) is 17.7. The van der Waals surface area contributed by atoms with Gasteiger partial charge in [-0.1, -0.05) is 94.6 Å². The molecule has 2 heterocycles. The van der Waals surface area contributed by atoms with Gasteiger partial charge in [0.25, 0.3) is 5.91 Å². The Morgan fingerprint density at radius 1 is 0.681 bits per heavy atom. The van der Waals surface area contributed by atoms with E-state index in [0.29, 0.717) is 23.4 Å². The van der Waals surface area contributed by atoms with E-state index < -0.39 is 0 Å². The molecule has 2 aromatic carbocycles. The van der Waals surface area contributed by atoms with E-state index >= 15 is 0 Å². The maximum atomic E-state index is 14.0. The van der Waals surface area contributed by atoms with Crippen LogP contribution in [0.3, 0.4) is 0 Å². The molecule has 0 atom stereocenters. The number of Topliss-reactive ketones (excluding diaryl/α,β-unsaturated/α-hetero) is 1. The van der Waals surface area contributed by atoms with Gasteiger partial charge in [0.05, 0.1) is 12.2 Å². The molecule has 0 radical (unpaired) electrons. The van der Waals surface area contributed by atoms with E-state index in [4.69, 9.17) is 0 Å². The van der Waals surface area contributed by atoms with Crippen LogP contribution in [0.2, 0.25) is 0 Å². The Morgan fingerprint density at radius 3 is 1.98 bits per heavy atom. The number of aryl methyl sites for hydroxylation is 2. The third kappa shape index (κ3) is 10.2. The minimum atomic E-state index is -0.204. The normalized spacial score (nSPS) is 11.3. The number of pyridine rings is 1. The van der Waals surface area contributed by atoms with Crippen molar-refractivity contribution in [2.45, 2.75) is 92.0 Å². The van der Waals surface area contributed by atoms with Crippen molar-refractivity contribution in [3.05, 3.63) is 113 Å². The SMILES string of the molecule is CCCCc1cc2cc(C(=O)N(CC(C)=O)Cc3ccccc3)ccn2c1C(=O)c1ccc(CCCN(CCCC)CCCC)cc1. The highest BCUT2D eigenvalue weighted by Gasteiger charge is 2.22. The fraction of sp³-hybridized carbons (Fsp3) is 0.439. The zero-order valence-electron chi connectivity index (χ0n) is 29.0. The van der Waals surface area contributed by atoms with Crippen molar-refractivity contribution in [3.63, 3.8) is 0 Å². The molecule has 1 amide bonds. The minimum absolute atomic E-state index is 0.00526. The lowest BCUT2D eigenvalue weighted by molar-refractivity contribution is -0.117. The first-order valence-corrected chi connectivity index (χ1v) is 17.7. The summed E-state index contributed by atoms with van der Waals surface area (Å²) in [6.07, 6.45) is 11.7. The Balaban J connectivity index is 1.53. The van der Waals surface area contributed by atoms with Crippen molar-refractivity contribution >= 4 is 23.0 Å². The molecule has 6 heteroatoms. The summed E-state index contributed by atoms with van der Waals surface area (Å²) in [4.78, 5) is 44.0. The second kappa shape index (κ2) is 18.3. The number of carbonyl (C=O) groups is 3. The van der Waals surface area contributed by atoms with Crippen LogP contribution < -0.4 is 0 Å². The number of hydrogen-bond acceptors (Lipinski definition) is 4. The fourth-order valence-electron chi connectivity index (χ4n) is 6.20. The number of benzene rings is 2. The van der Waals surface area contributed by atoms with Crippen LogP contribution >= 0.6 is 0 Å². The summed E-state index contributed by atoms with van der Waals surface area (Å²) in [6.45, 7) is 12.0. The van der Waals surface area contributed by atoms with Crippen LogP contribution in [0.25, 0.3) is 5.52 Å². The van der Waals surface area contributed by atoms with Crippen molar-refractivity contribution in [2.24, 2.45) is 0 Å². The Bertz CT molecular complexity index is 1580. The predicted molar refractivity (Wildman–Crippen MR) is 192 cm³/mol. The first-order chi connectivity index (χ1) is 22.8. The second-order valence-electron chi connectivity index (χ2n) is 12.9. The zero-order chi connectivity index (χ0) is 33.6. The van der Waals surface area contributed by atoms with Gasteiger partial charge in [-0.15, -0.1) is 0 Å². The summed E-state index contributed by atoms with van der Waals surface area (Å²) in [5, 5.41) is 0. The van der Waals surface area contributed by atoms with E-state index in [-0.39, 0.29) is 24.0 Å². The molecule has 0 fully saturated rings. The molecular formula is C41H53N3O3. The summed E-state index contributed by atoms with van der Waals surface area (Å²) < 4.78 is 1.92. The van der Waals surface area contributed by atoms with Crippen molar-refractivity contribution in [2.75, 3.05) is 26.2 Å². The summed E-state index contributed by atoms with van der Waals surface area (Å²) in [6, 6.07) is 23.5. The molecule has 4 rings (SSSR count). The summed E-state index contributed by atoms with van der Waals surface area (Å²) in [5.41, 5.74) is 5.86. The van der Waals surface area contributed by atoms with E-state index in [1.165, 1.54) is 51.3 Å². The number of nitrogens with zero attached hydrogens (tertiary/aromatic N) is 3. The molecule has 0 aliphatic carbocycles. The molecule has 47 heavy (non-hydrogen) atoms. The maximum absolute atomic E-state index is 14.0. The Hall–Kier alpha value is -4.03. The molecule has 0 bridgehead atoms. The highest BCUT2D eigenvalue weighted by molar-refractivity contribution is 6.10. The van der Waals surface area contributed by atoms with E-state index in [9.17, 15) is 14.4 Å². The van der Waals surface area contributed by atoms with Crippen LogP contribution in [0.1, 0.15) is 116 Å². The van der Waals surface area contributed by atoms with Crippen LogP contribution in [0.15, 0.2) is 79.0 Å². The number of ketones is 2. The molecule has 250 valence electrons. The minimum Gasteiger partial charge on any atom is -0.327 e. The smallest absolute Gasteiger partial charge is 0.254 e. The van der Waals surface area contributed by atoms with E-state index in [1.807, 2.05) is 65.2 Å². The van der Waals surface area contributed by atoms with Crippen molar-refractivity contribution in [1.29, 1.82) is 0 Å². The first kappa shape index (κ1) is 35.8. The zero-order valence-corrected chi connectivity index (χ0v) is 29.0. The average molecular weight is 636 g/mol. The lowest BCUT2D eigenvalue weighted by Crippen LogP contribution is -2.34. The molecule has 0 unspecified atom stereocenters. The van der Waals surface area contributed by atoms with Gasteiger partial charge in [0.1, 0.15) is 5.78 Å². The largest absolute Gasteiger partial charge is 0.327 e. The lowest BCUT2D eigenvalue weighted by atomic mass is 10.00. The van der Waals surface area contributed by atoms with Crippen LogP contribution in [-0.4, -0.2) is 57.9 Å². The van der Waals surface area contributed by atoms with Crippen LogP contribution in [0.5, 0.6) is 0 Å². The number of aromatic nitrogens is 1. The van der Waals surface area contributed by atoms with Gasteiger partial charge in [0, 0.05) is 29.4 Å². The quantitative estimate of drug-likeness (QED) is 0.0913. The van der Waals surface area contributed by atoms with Gasteiger partial charge in [-0.05, 0) is 100.0 Å². The van der Waals surface area contributed by atoms with E-state index in [2.05, 4.69) is 37.8 Å². The van der Waals surface area contributed by atoms with Gasteiger partial charge >= 0.3 is 0 Å².